The Labute approximate surface area is 276 Å². The summed E-state index contributed by atoms with van der Waals surface area (Å²) in [4.78, 5) is 11.7. The van der Waals surface area contributed by atoms with Crippen molar-refractivity contribution < 1.29 is 61.6 Å². The molecule has 0 bridgehead atoms. The maximum Gasteiger partial charge on any atom is 0.222 e. The summed E-state index contributed by atoms with van der Waals surface area (Å²) in [6.07, 6.45) is 3.34. The first-order chi connectivity index (χ1) is 22.8. The molecule has 276 valence electrons. The van der Waals surface area contributed by atoms with Crippen molar-refractivity contribution in [2.45, 2.75) is 25.7 Å². The number of rotatable bonds is 41. The van der Waals surface area contributed by atoms with Crippen LogP contribution in [0.25, 0.3) is 0 Å². The molecular formula is C31H64N2O13. The number of nitrogens with two attached hydrogens (primary N) is 1. The summed E-state index contributed by atoms with van der Waals surface area (Å²) in [5, 5.41) is 2.87. The molecule has 0 aliphatic carbocycles. The molecule has 0 fully saturated rings. The molecule has 0 radical (unpaired) electrons. The van der Waals surface area contributed by atoms with Crippen LogP contribution in [0.5, 0.6) is 0 Å². The van der Waals surface area contributed by atoms with Gasteiger partial charge in [-0.05, 0) is 19.4 Å². The molecular weight excluding hydrogens is 608 g/mol. The average molecular weight is 673 g/mol. The number of ether oxygens (including phenoxy) is 12. The van der Waals surface area contributed by atoms with Crippen molar-refractivity contribution in [2.75, 3.05) is 172 Å². The molecule has 1 amide bonds. The van der Waals surface area contributed by atoms with Crippen LogP contribution in [0.3, 0.4) is 0 Å². The van der Waals surface area contributed by atoms with Crippen LogP contribution in [-0.2, 0) is 61.6 Å². The van der Waals surface area contributed by atoms with Gasteiger partial charge in [0.2, 0.25) is 5.91 Å². The van der Waals surface area contributed by atoms with E-state index in [4.69, 9.17) is 62.6 Å². The van der Waals surface area contributed by atoms with Gasteiger partial charge in [-0.3, -0.25) is 4.79 Å². The highest BCUT2D eigenvalue weighted by Crippen LogP contribution is 1.92. The molecule has 46 heavy (non-hydrogen) atoms. The first-order valence-corrected chi connectivity index (χ1v) is 16.6. The molecule has 0 rings (SSSR count). The van der Waals surface area contributed by atoms with Crippen molar-refractivity contribution in [2.24, 2.45) is 5.73 Å². The lowest BCUT2D eigenvalue weighted by molar-refractivity contribution is -0.122. The third kappa shape index (κ3) is 41.0. The summed E-state index contributed by atoms with van der Waals surface area (Å²) in [6, 6.07) is 0. The van der Waals surface area contributed by atoms with Gasteiger partial charge in [0.15, 0.2) is 0 Å². The Morgan fingerprint density at radius 2 is 0.696 bits per heavy atom. The summed E-state index contributed by atoms with van der Waals surface area (Å²) in [6.45, 7) is 13.0. The lowest BCUT2D eigenvalue weighted by Gasteiger charge is -2.09. The van der Waals surface area contributed by atoms with Crippen molar-refractivity contribution >= 4 is 5.91 Å². The van der Waals surface area contributed by atoms with Gasteiger partial charge in [-0.1, -0.05) is 6.42 Å². The molecule has 0 heterocycles. The molecule has 0 spiro atoms. The van der Waals surface area contributed by atoms with Gasteiger partial charge in [0.05, 0.1) is 152 Å². The van der Waals surface area contributed by atoms with E-state index in [9.17, 15) is 4.79 Å². The average Bonchev–Trinajstić information content (AvgIpc) is 3.06. The van der Waals surface area contributed by atoms with Gasteiger partial charge in [-0.25, -0.2) is 0 Å². The smallest absolute Gasteiger partial charge is 0.222 e. The van der Waals surface area contributed by atoms with E-state index in [2.05, 4.69) is 5.32 Å². The predicted molar refractivity (Wildman–Crippen MR) is 171 cm³/mol. The number of carbonyl (C=O) groups excluding carboxylic acids is 1. The normalized spacial score (nSPS) is 11.4. The lowest BCUT2D eigenvalue weighted by atomic mass is 10.2. The zero-order valence-electron chi connectivity index (χ0n) is 28.4. The molecule has 0 atom stereocenters. The molecule has 0 aromatic carbocycles. The van der Waals surface area contributed by atoms with Crippen molar-refractivity contribution in [3.05, 3.63) is 0 Å². The van der Waals surface area contributed by atoms with Crippen LogP contribution < -0.4 is 11.1 Å². The summed E-state index contributed by atoms with van der Waals surface area (Å²) in [5.74, 6) is 0.00883. The number of unbranched alkanes of at least 4 members (excludes halogenated alkanes) is 2. The van der Waals surface area contributed by atoms with E-state index in [1.54, 1.807) is 7.11 Å². The van der Waals surface area contributed by atoms with Gasteiger partial charge in [0, 0.05) is 20.1 Å². The molecule has 0 unspecified atom stereocenters. The molecule has 0 aliphatic rings. The van der Waals surface area contributed by atoms with Crippen LogP contribution in [0.1, 0.15) is 25.7 Å². The van der Waals surface area contributed by atoms with Crippen LogP contribution in [-0.4, -0.2) is 178 Å². The van der Waals surface area contributed by atoms with Crippen molar-refractivity contribution in [3.63, 3.8) is 0 Å². The minimum absolute atomic E-state index is 0.00883. The summed E-state index contributed by atoms with van der Waals surface area (Å²) in [7, 11) is 1.64. The SMILES string of the molecule is COCCOCCOCCOCCOCCOCCOCCOCCOCCOCCOCCOCCC(=O)NCCCCCN. The number of nitrogens with one attached hydrogen (secondary N) is 1. The largest absolute Gasteiger partial charge is 0.382 e. The highest BCUT2D eigenvalue weighted by molar-refractivity contribution is 5.75. The number of hydrogen-bond donors (Lipinski definition) is 2. The molecule has 15 nitrogen and oxygen atoms in total. The van der Waals surface area contributed by atoms with Gasteiger partial charge in [-0.15, -0.1) is 0 Å². The molecule has 0 aliphatic heterocycles. The van der Waals surface area contributed by atoms with E-state index in [-0.39, 0.29) is 5.91 Å². The molecule has 0 aromatic heterocycles. The van der Waals surface area contributed by atoms with Gasteiger partial charge in [0.25, 0.3) is 0 Å². The van der Waals surface area contributed by atoms with Gasteiger partial charge < -0.3 is 67.9 Å². The topological polar surface area (TPSA) is 166 Å². The maximum atomic E-state index is 11.7. The quantitative estimate of drug-likeness (QED) is 0.0860. The van der Waals surface area contributed by atoms with Crippen LogP contribution in [0.4, 0.5) is 0 Å². The molecule has 0 aromatic rings. The van der Waals surface area contributed by atoms with E-state index in [1.165, 1.54) is 0 Å². The minimum Gasteiger partial charge on any atom is -0.382 e. The van der Waals surface area contributed by atoms with E-state index in [1.807, 2.05) is 0 Å². The Hall–Kier alpha value is -1.05. The number of amides is 1. The van der Waals surface area contributed by atoms with Gasteiger partial charge >= 0.3 is 0 Å². The van der Waals surface area contributed by atoms with Crippen LogP contribution in [0, 0.1) is 0 Å². The fourth-order valence-corrected chi connectivity index (χ4v) is 3.37. The van der Waals surface area contributed by atoms with E-state index < -0.39 is 0 Å². The molecule has 3 N–H and O–H groups in total. The maximum absolute atomic E-state index is 11.7. The van der Waals surface area contributed by atoms with Crippen LogP contribution >= 0.6 is 0 Å². The van der Waals surface area contributed by atoms with Crippen LogP contribution in [0.15, 0.2) is 0 Å². The Balaban J connectivity index is 3.08. The second-order valence-electron chi connectivity index (χ2n) is 9.68. The summed E-state index contributed by atoms with van der Waals surface area (Å²) < 4.78 is 64.7. The highest BCUT2D eigenvalue weighted by atomic mass is 16.6. The Kier molecular flexibility index (Phi) is 41.0. The zero-order chi connectivity index (χ0) is 33.3. The Bertz CT molecular complexity index is 583. The van der Waals surface area contributed by atoms with E-state index >= 15 is 0 Å². The van der Waals surface area contributed by atoms with E-state index in [0.717, 1.165) is 19.3 Å². The number of methoxy groups -OCH3 is 1. The van der Waals surface area contributed by atoms with Crippen LogP contribution in [0.2, 0.25) is 0 Å². The molecule has 0 saturated carbocycles. The third-order valence-electron chi connectivity index (χ3n) is 5.83. The zero-order valence-corrected chi connectivity index (χ0v) is 28.4. The summed E-state index contributed by atoms with van der Waals surface area (Å²) >= 11 is 0. The van der Waals surface area contributed by atoms with Crippen molar-refractivity contribution in [3.8, 4) is 0 Å². The predicted octanol–water partition coefficient (Wildman–Crippen LogP) is 0.451. The minimum atomic E-state index is 0.00883. The fourth-order valence-electron chi connectivity index (χ4n) is 3.37. The molecule has 0 saturated heterocycles. The van der Waals surface area contributed by atoms with Gasteiger partial charge in [0.1, 0.15) is 0 Å². The van der Waals surface area contributed by atoms with Crippen molar-refractivity contribution in [1.29, 1.82) is 0 Å². The lowest BCUT2D eigenvalue weighted by Crippen LogP contribution is -2.25. The second kappa shape index (κ2) is 42.0. The van der Waals surface area contributed by atoms with Gasteiger partial charge in [-0.2, -0.15) is 0 Å². The van der Waals surface area contributed by atoms with E-state index in [0.29, 0.717) is 171 Å². The van der Waals surface area contributed by atoms with Crippen molar-refractivity contribution in [1.82, 2.24) is 5.32 Å². The standard InChI is InChI=1S/C31H64N2O13/c1-35-9-10-37-13-14-39-17-18-41-21-22-43-25-26-45-29-30-46-28-27-44-24-23-42-20-19-40-16-15-38-12-11-36-8-5-31(34)33-7-4-2-3-6-32/h2-30,32H2,1H3,(H,33,34). The second-order valence-corrected chi connectivity index (χ2v) is 9.68. The highest BCUT2D eigenvalue weighted by Gasteiger charge is 2.01. The first kappa shape index (κ1) is 45.0. The summed E-state index contributed by atoms with van der Waals surface area (Å²) in [5.41, 5.74) is 5.44. The number of carbonyl (C=O) groups is 1. The first-order valence-electron chi connectivity index (χ1n) is 16.6. The third-order valence-corrected chi connectivity index (χ3v) is 5.83. The Morgan fingerprint density at radius 1 is 0.413 bits per heavy atom. The number of hydrogen-bond acceptors (Lipinski definition) is 14. The Morgan fingerprint density at radius 3 is 0.978 bits per heavy atom. The monoisotopic (exact) mass is 672 g/mol. The molecule has 15 heteroatoms. The fraction of sp³-hybridized carbons (Fsp3) is 0.968.